The van der Waals surface area contributed by atoms with Crippen LogP contribution in [0.3, 0.4) is 0 Å². The van der Waals surface area contributed by atoms with Crippen LogP contribution in [0, 0.1) is 5.92 Å². The van der Waals surface area contributed by atoms with E-state index in [1.54, 1.807) is 7.11 Å². The Morgan fingerprint density at radius 1 is 1.60 bits per heavy atom. The molecule has 0 spiro atoms. The van der Waals surface area contributed by atoms with Crippen LogP contribution in [0.1, 0.15) is 25.7 Å². The SMILES string of the molecule is COCC(N)CC1CCC1. The van der Waals surface area contributed by atoms with E-state index >= 15 is 0 Å². The fraction of sp³-hybridized carbons (Fsp3) is 1.00. The van der Waals surface area contributed by atoms with E-state index in [1.165, 1.54) is 19.3 Å². The molecule has 0 amide bonds. The van der Waals surface area contributed by atoms with Crippen LogP contribution >= 0.6 is 0 Å². The summed E-state index contributed by atoms with van der Waals surface area (Å²) in [5.41, 5.74) is 5.77. The molecule has 2 heteroatoms. The van der Waals surface area contributed by atoms with Crippen LogP contribution in [0.2, 0.25) is 0 Å². The Bertz CT molecular complexity index is 91.3. The molecule has 60 valence electrons. The fourth-order valence-electron chi connectivity index (χ4n) is 1.44. The van der Waals surface area contributed by atoms with Crippen molar-refractivity contribution in [3.05, 3.63) is 0 Å². The molecule has 0 bridgehead atoms. The zero-order valence-electron chi connectivity index (χ0n) is 6.68. The summed E-state index contributed by atoms with van der Waals surface area (Å²) in [6, 6.07) is 0.273. The van der Waals surface area contributed by atoms with Crippen LogP contribution in [0.25, 0.3) is 0 Å². The lowest BCUT2D eigenvalue weighted by Crippen LogP contribution is -2.30. The summed E-state index contributed by atoms with van der Waals surface area (Å²) >= 11 is 0. The van der Waals surface area contributed by atoms with Crippen molar-refractivity contribution < 1.29 is 4.74 Å². The molecular weight excluding hydrogens is 126 g/mol. The number of rotatable bonds is 4. The first-order valence-electron chi connectivity index (χ1n) is 4.07. The summed E-state index contributed by atoms with van der Waals surface area (Å²) in [6.45, 7) is 0.719. The highest BCUT2D eigenvalue weighted by Gasteiger charge is 2.19. The molecule has 1 atom stereocenters. The number of hydrogen-bond acceptors (Lipinski definition) is 2. The number of hydrogen-bond donors (Lipinski definition) is 1. The Kier molecular flexibility index (Phi) is 3.16. The molecule has 1 rings (SSSR count). The highest BCUT2D eigenvalue weighted by atomic mass is 16.5. The smallest absolute Gasteiger partial charge is 0.0613 e. The lowest BCUT2D eigenvalue weighted by molar-refractivity contribution is 0.157. The molecule has 0 radical (unpaired) electrons. The van der Waals surface area contributed by atoms with Gasteiger partial charge in [-0.1, -0.05) is 19.3 Å². The molecule has 2 N–H and O–H groups in total. The van der Waals surface area contributed by atoms with Crippen LogP contribution in [0.5, 0.6) is 0 Å². The zero-order chi connectivity index (χ0) is 7.40. The third-order valence-electron chi connectivity index (χ3n) is 2.24. The topological polar surface area (TPSA) is 35.2 Å². The summed E-state index contributed by atoms with van der Waals surface area (Å²) < 4.78 is 4.95. The largest absolute Gasteiger partial charge is 0.383 e. The van der Waals surface area contributed by atoms with Crippen LogP contribution < -0.4 is 5.73 Å². The molecule has 0 saturated heterocycles. The van der Waals surface area contributed by atoms with Crippen molar-refractivity contribution in [2.75, 3.05) is 13.7 Å². The zero-order valence-corrected chi connectivity index (χ0v) is 6.68. The van der Waals surface area contributed by atoms with Crippen molar-refractivity contribution in [3.8, 4) is 0 Å². The van der Waals surface area contributed by atoms with Gasteiger partial charge in [0.2, 0.25) is 0 Å². The molecule has 0 aromatic rings. The maximum absolute atomic E-state index is 5.77. The average Bonchev–Trinajstić information content (AvgIpc) is 1.80. The lowest BCUT2D eigenvalue weighted by atomic mass is 9.81. The van der Waals surface area contributed by atoms with Gasteiger partial charge in [-0.25, -0.2) is 0 Å². The predicted octanol–water partition coefficient (Wildman–Crippen LogP) is 1.15. The van der Waals surface area contributed by atoms with Crippen LogP contribution in [0.4, 0.5) is 0 Å². The second-order valence-corrected chi connectivity index (χ2v) is 3.25. The molecule has 0 aliphatic heterocycles. The second kappa shape index (κ2) is 3.94. The molecular formula is C8H17NO. The predicted molar refractivity (Wildman–Crippen MR) is 41.8 cm³/mol. The Labute approximate surface area is 62.7 Å². The van der Waals surface area contributed by atoms with Gasteiger partial charge in [-0.15, -0.1) is 0 Å². The van der Waals surface area contributed by atoms with Gasteiger partial charge in [-0.3, -0.25) is 0 Å². The van der Waals surface area contributed by atoms with Crippen molar-refractivity contribution in [1.29, 1.82) is 0 Å². The molecule has 1 aliphatic rings. The Balaban J connectivity index is 1.99. The minimum absolute atomic E-state index is 0.273. The van der Waals surface area contributed by atoms with E-state index < -0.39 is 0 Å². The number of nitrogens with two attached hydrogens (primary N) is 1. The van der Waals surface area contributed by atoms with E-state index in [0.29, 0.717) is 0 Å². The maximum Gasteiger partial charge on any atom is 0.0613 e. The Morgan fingerprint density at radius 3 is 2.70 bits per heavy atom. The van der Waals surface area contributed by atoms with Crippen LogP contribution in [0.15, 0.2) is 0 Å². The van der Waals surface area contributed by atoms with Gasteiger partial charge in [-0.2, -0.15) is 0 Å². The lowest BCUT2D eigenvalue weighted by Gasteiger charge is -2.27. The second-order valence-electron chi connectivity index (χ2n) is 3.25. The summed E-state index contributed by atoms with van der Waals surface area (Å²) in [5, 5.41) is 0. The van der Waals surface area contributed by atoms with Crippen LogP contribution in [-0.4, -0.2) is 19.8 Å². The monoisotopic (exact) mass is 143 g/mol. The first kappa shape index (κ1) is 8.02. The normalized spacial score (nSPS) is 22.2. The standard InChI is InChI=1S/C8H17NO/c1-10-6-8(9)5-7-3-2-4-7/h7-8H,2-6,9H2,1H3. The van der Waals surface area contributed by atoms with Crippen molar-refractivity contribution in [3.63, 3.8) is 0 Å². The van der Waals surface area contributed by atoms with Gasteiger partial charge in [-0.05, 0) is 12.3 Å². The van der Waals surface area contributed by atoms with Gasteiger partial charge in [0.05, 0.1) is 6.61 Å². The number of methoxy groups -OCH3 is 1. The highest BCUT2D eigenvalue weighted by Crippen LogP contribution is 2.29. The molecule has 0 aromatic carbocycles. The van der Waals surface area contributed by atoms with E-state index in [2.05, 4.69) is 0 Å². The van der Waals surface area contributed by atoms with Crippen molar-refractivity contribution in [1.82, 2.24) is 0 Å². The Hall–Kier alpha value is -0.0800. The summed E-state index contributed by atoms with van der Waals surface area (Å²) in [6.07, 6.45) is 5.34. The van der Waals surface area contributed by atoms with Crippen molar-refractivity contribution >= 4 is 0 Å². The van der Waals surface area contributed by atoms with E-state index in [9.17, 15) is 0 Å². The van der Waals surface area contributed by atoms with Gasteiger partial charge in [0, 0.05) is 13.2 Å². The molecule has 1 saturated carbocycles. The maximum atomic E-state index is 5.77. The van der Waals surface area contributed by atoms with E-state index in [1.807, 2.05) is 0 Å². The third kappa shape index (κ3) is 2.27. The van der Waals surface area contributed by atoms with Crippen molar-refractivity contribution in [2.45, 2.75) is 31.7 Å². The van der Waals surface area contributed by atoms with E-state index in [0.717, 1.165) is 18.9 Å². The third-order valence-corrected chi connectivity index (χ3v) is 2.24. The molecule has 1 fully saturated rings. The van der Waals surface area contributed by atoms with E-state index in [4.69, 9.17) is 10.5 Å². The van der Waals surface area contributed by atoms with Gasteiger partial charge in [0.25, 0.3) is 0 Å². The van der Waals surface area contributed by atoms with Gasteiger partial charge < -0.3 is 10.5 Å². The van der Waals surface area contributed by atoms with Gasteiger partial charge in [0.1, 0.15) is 0 Å². The van der Waals surface area contributed by atoms with Gasteiger partial charge in [0.15, 0.2) is 0 Å². The summed E-state index contributed by atoms with van der Waals surface area (Å²) in [5.74, 6) is 0.908. The first-order valence-corrected chi connectivity index (χ1v) is 4.07. The fourth-order valence-corrected chi connectivity index (χ4v) is 1.44. The first-order chi connectivity index (χ1) is 4.83. The minimum atomic E-state index is 0.273. The van der Waals surface area contributed by atoms with E-state index in [-0.39, 0.29) is 6.04 Å². The summed E-state index contributed by atoms with van der Waals surface area (Å²) in [4.78, 5) is 0. The van der Waals surface area contributed by atoms with Crippen LogP contribution in [-0.2, 0) is 4.74 Å². The molecule has 0 heterocycles. The molecule has 0 aromatic heterocycles. The Morgan fingerprint density at radius 2 is 2.30 bits per heavy atom. The van der Waals surface area contributed by atoms with Gasteiger partial charge >= 0.3 is 0 Å². The van der Waals surface area contributed by atoms with Crippen molar-refractivity contribution in [2.24, 2.45) is 11.7 Å². The molecule has 1 unspecified atom stereocenters. The molecule has 10 heavy (non-hydrogen) atoms. The highest BCUT2D eigenvalue weighted by molar-refractivity contribution is 4.74. The number of ether oxygens (including phenoxy) is 1. The summed E-state index contributed by atoms with van der Waals surface area (Å²) in [7, 11) is 1.71. The quantitative estimate of drug-likeness (QED) is 0.640. The minimum Gasteiger partial charge on any atom is -0.383 e. The average molecular weight is 143 g/mol. The molecule has 2 nitrogen and oxygen atoms in total. The molecule has 1 aliphatic carbocycles.